The fourth-order valence-electron chi connectivity index (χ4n) is 2.72. The normalized spacial score (nSPS) is 11.0. The van der Waals surface area contributed by atoms with Crippen LogP contribution in [0.4, 0.5) is 0 Å². The van der Waals surface area contributed by atoms with Crippen molar-refractivity contribution in [1.82, 2.24) is 10.2 Å². The third kappa shape index (κ3) is 6.50. The first-order valence-electron chi connectivity index (χ1n) is 8.92. The summed E-state index contributed by atoms with van der Waals surface area (Å²) in [6, 6.07) is 3.88. The van der Waals surface area contributed by atoms with Gasteiger partial charge in [-0.2, -0.15) is 0 Å². The molecule has 0 atom stereocenters. The molecular formula is C20H33N3O3. The zero-order valence-electron chi connectivity index (χ0n) is 16.8. The average Bonchev–Trinajstić information content (AvgIpc) is 2.67. The Morgan fingerprint density at radius 3 is 2.27 bits per heavy atom. The van der Waals surface area contributed by atoms with Gasteiger partial charge in [0, 0.05) is 27.2 Å². The van der Waals surface area contributed by atoms with Crippen LogP contribution in [-0.2, 0) is 6.54 Å². The van der Waals surface area contributed by atoms with Crippen LogP contribution in [0.2, 0.25) is 0 Å². The van der Waals surface area contributed by atoms with Crippen molar-refractivity contribution in [2.75, 3.05) is 42.0 Å². The highest BCUT2D eigenvalue weighted by molar-refractivity contribution is 5.79. The number of unbranched alkanes of at least 4 members (excludes halogenated alkanes) is 3. The Labute approximate surface area is 157 Å². The second-order valence-corrected chi connectivity index (χ2v) is 5.99. The Kier molecular flexibility index (Phi) is 10.1. The molecule has 6 nitrogen and oxygen atoms in total. The Hall–Kier alpha value is -2.37. The molecule has 0 unspecified atom stereocenters. The highest BCUT2D eigenvalue weighted by Crippen LogP contribution is 2.38. The van der Waals surface area contributed by atoms with Gasteiger partial charge in [-0.3, -0.25) is 4.99 Å². The minimum Gasteiger partial charge on any atom is -0.493 e. The molecule has 26 heavy (non-hydrogen) atoms. The van der Waals surface area contributed by atoms with Crippen molar-refractivity contribution >= 4 is 5.96 Å². The van der Waals surface area contributed by atoms with E-state index in [0.29, 0.717) is 23.8 Å². The summed E-state index contributed by atoms with van der Waals surface area (Å²) in [7, 11) is 8.69. The number of hydrogen-bond donors (Lipinski definition) is 1. The van der Waals surface area contributed by atoms with Crippen molar-refractivity contribution in [1.29, 1.82) is 0 Å². The molecule has 1 rings (SSSR count). The predicted octanol–water partition coefficient (Wildman–Crippen LogP) is 3.47. The molecule has 1 aromatic rings. The Bertz CT molecular complexity index is 563. The second kappa shape index (κ2) is 12.1. The van der Waals surface area contributed by atoms with Gasteiger partial charge in [0.15, 0.2) is 17.5 Å². The van der Waals surface area contributed by atoms with Crippen LogP contribution < -0.4 is 19.5 Å². The van der Waals surface area contributed by atoms with Crippen LogP contribution in [-0.4, -0.2) is 52.8 Å². The fourth-order valence-corrected chi connectivity index (χ4v) is 2.72. The van der Waals surface area contributed by atoms with Crippen LogP contribution in [0.5, 0.6) is 17.2 Å². The van der Waals surface area contributed by atoms with E-state index in [-0.39, 0.29) is 0 Å². The van der Waals surface area contributed by atoms with Gasteiger partial charge in [-0.15, -0.1) is 6.58 Å². The van der Waals surface area contributed by atoms with E-state index in [2.05, 4.69) is 28.8 Å². The van der Waals surface area contributed by atoms with Crippen LogP contribution in [0.15, 0.2) is 29.8 Å². The van der Waals surface area contributed by atoms with Crippen LogP contribution in [0.3, 0.4) is 0 Å². The Morgan fingerprint density at radius 1 is 1.12 bits per heavy atom. The van der Waals surface area contributed by atoms with Gasteiger partial charge in [-0.05, 0) is 37.0 Å². The number of methoxy groups -OCH3 is 3. The molecule has 0 fully saturated rings. The van der Waals surface area contributed by atoms with Gasteiger partial charge >= 0.3 is 0 Å². The number of aliphatic imine (C=N–C) groups is 1. The van der Waals surface area contributed by atoms with E-state index in [1.54, 1.807) is 28.4 Å². The van der Waals surface area contributed by atoms with Gasteiger partial charge in [0.2, 0.25) is 5.75 Å². The lowest BCUT2D eigenvalue weighted by molar-refractivity contribution is 0.323. The molecule has 0 radical (unpaired) electrons. The molecule has 0 aliphatic rings. The van der Waals surface area contributed by atoms with E-state index in [9.17, 15) is 0 Å². The van der Waals surface area contributed by atoms with Gasteiger partial charge in [0.1, 0.15) is 0 Å². The molecule has 0 aliphatic carbocycles. The van der Waals surface area contributed by atoms with E-state index in [1.807, 2.05) is 18.2 Å². The van der Waals surface area contributed by atoms with Crippen molar-refractivity contribution in [3.05, 3.63) is 30.4 Å². The lowest BCUT2D eigenvalue weighted by Crippen LogP contribution is -2.39. The first-order chi connectivity index (χ1) is 12.6. The SMILES string of the molecule is C=CCCCCCN(C)C(=NC)NCc1cc(OC)c(OC)c(OC)c1. The minimum absolute atomic E-state index is 0.597. The number of guanidine groups is 1. The maximum Gasteiger partial charge on any atom is 0.203 e. The largest absolute Gasteiger partial charge is 0.493 e. The first-order valence-corrected chi connectivity index (χ1v) is 8.92. The molecule has 6 heteroatoms. The summed E-state index contributed by atoms with van der Waals surface area (Å²) in [4.78, 5) is 6.51. The van der Waals surface area contributed by atoms with Crippen LogP contribution in [0, 0.1) is 0 Å². The number of rotatable bonds is 11. The summed E-state index contributed by atoms with van der Waals surface area (Å²) < 4.78 is 16.2. The lowest BCUT2D eigenvalue weighted by Gasteiger charge is -2.22. The number of ether oxygens (including phenoxy) is 3. The molecule has 0 heterocycles. The average molecular weight is 364 g/mol. The summed E-state index contributed by atoms with van der Waals surface area (Å²) in [6.07, 6.45) is 6.57. The van der Waals surface area contributed by atoms with Gasteiger partial charge in [0.05, 0.1) is 21.3 Å². The van der Waals surface area contributed by atoms with E-state index < -0.39 is 0 Å². The summed E-state index contributed by atoms with van der Waals surface area (Å²) in [6.45, 7) is 5.34. The molecule has 0 aromatic heterocycles. The van der Waals surface area contributed by atoms with Crippen molar-refractivity contribution in [2.45, 2.75) is 32.2 Å². The third-order valence-corrected chi connectivity index (χ3v) is 4.15. The van der Waals surface area contributed by atoms with Crippen molar-refractivity contribution in [3.8, 4) is 17.2 Å². The molecular weight excluding hydrogens is 330 g/mol. The maximum absolute atomic E-state index is 5.40. The number of hydrogen-bond acceptors (Lipinski definition) is 4. The monoisotopic (exact) mass is 363 g/mol. The number of nitrogens with one attached hydrogen (secondary N) is 1. The number of benzene rings is 1. The topological polar surface area (TPSA) is 55.3 Å². The summed E-state index contributed by atoms with van der Waals surface area (Å²) in [5.74, 6) is 2.76. The molecule has 0 spiro atoms. The molecule has 146 valence electrons. The maximum atomic E-state index is 5.40. The fraction of sp³-hybridized carbons (Fsp3) is 0.550. The van der Waals surface area contributed by atoms with Gasteiger partial charge in [-0.25, -0.2) is 0 Å². The molecule has 0 aliphatic heterocycles. The predicted molar refractivity (Wildman–Crippen MR) is 108 cm³/mol. The second-order valence-electron chi connectivity index (χ2n) is 5.99. The van der Waals surface area contributed by atoms with E-state index in [1.165, 1.54) is 12.8 Å². The molecule has 1 N–H and O–H groups in total. The van der Waals surface area contributed by atoms with E-state index in [0.717, 1.165) is 30.9 Å². The van der Waals surface area contributed by atoms with Crippen LogP contribution in [0.25, 0.3) is 0 Å². The van der Waals surface area contributed by atoms with Crippen LogP contribution >= 0.6 is 0 Å². The van der Waals surface area contributed by atoms with E-state index in [4.69, 9.17) is 14.2 Å². The summed E-state index contributed by atoms with van der Waals surface area (Å²) in [5, 5.41) is 3.39. The zero-order chi connectivity index (χ0) is 19.4. The molecule has 0 bridgehead atoms. The quantitative estimate of drug-likeness (QED) is 0.282. The number of nitrogens with zero attached hydrogens (tertiary/aromatic N) is 2. The van der Waals surface area contributed by atoms with Gasteiger partial charge in [0.25, 0.3) is 0 Å². The molecule has 0 saturated heterocycles. The van der Waals surface area contributed by atoms with Gasteiger partial charge < -0.3 is 24.4 Å². The van der Waals surface area contributed by atoms with Crippen molar-refractivity contribution < 1.29 is 14.2 Å². The smallest absolute Gasteiger partial charge is 0.203 e. The summed E-state index contributed by atoms with van der Waals surface area (Å²) in [5.41, 5.74) is 1.03. The van der Waals surface area contributed by atoms with Crippen molar-refractivity contribution in [2.24, 2.45) is 4.99 Å². The summed E-state index contributed by atoms with van der Waals surface area (Å²) >= 11 is 0. The highest BCUT2D eigenvalue weighted by Gasteiger charge is 2.14. The molecule has 0 amide bonds. The van der Waals surface area contributed by atoms with E-state index >= 15 is 0 Å². The molecule has 0 saturated carbocycles. The molecule has 1 aromatic carbocycles. The standard InChI is InChI=1S/C20H33N3O3/c1-7-8-9-10-11-12-23(3)20(21-2)22-15-16-13-17(24-4)19(26-6)18(14-16)25-5/h7,13-14H,1,8-12,15H2,2-6H3,(H,21,22). The third-order valence-electron chi connectivity index (χ3n) is 4.15. The minimum atomic E-state index is 0.597. The van der Waals surface area contributed by atoms with Crippen molar-refractivity contribution in [3.63, 3.8) is 0 Å². The zero-order valence-corrected chi connectivity index (χ0v) is 16.8. The first kappa shape index (κ1) is 21.7. The van der Waals surface area contributed by atoms with Crippen LogP contribution in [0.1, 0.15) is 31.2 Å². The highest BCUT2D eigenvalue weighted by atomic mass is 16.5. The Morgan fingerprint density at radius 2 is 1.77 bits per heavy atom. The van der Waals surface area contributed by atoms with Gasteiger partial charge in [-0.1, -0.05) is 12.5 Å². The lowest BCUT2D eigenvalue weighted by atomic mass is 10.1. The number of allylic oxidation sites excluding steroid dienone is 1. The Balaban J connectivity index is 2.66.